The summed E-state index contributed by atoms with van der Waals surface area (Å²) in [6.45, 7) is 10.5. The lowest BCUT2D eigenvalue weighted by Crippen LogP contribution is -2.07. The van der Waals surface area contributed by atoms with Crippen molar-refractivity contribution in [3.8, 4) is 33.4 Å². The van der Waals surface area contributed by atoms with Crippen molar-refractivity contribution in [3.63, 3.8) is 0 Å². The Morgan fingerprint density at radius 1 is 0.576 bits per heavy atom. The van der Waals surface area contributed by atoms with Gasteiger partial charge in [-0.05, 0) is 106 Å². The lowest BCUT2D eigenvalue weighted by molar-refractivity contribution is 0.649. The van der Waals surface area contributed by atoms with E-state index in [9.17, 15) is 0 Å². The SMILES string of the molecule is C=C(/C=C\C=C/C)c1cc(-c2ccc3c(c2)c2ccccc2n3C2C=CC(c3ccccc3)=CC2)ccc1Nc1ccc(-c2ccc(-c3ccccc3)cc2)cc1.CC. The van der Waals surface area contributed by atoms with Crippen LogP contribution in [0, 0.1) is 0 Å². The standard InChI is InChI=1S/C55H44N2.C2H6/c1-3-4-7-14-39(2)51-37-46(29-35-53(51)56-48-31-25-44(26-32-48)43-23-21-42(22-24-43)40-15-8-5-9-16-40)47-30-36-55-52(38-47)50-19-12-13-20-54(50)57(55)49-33-27-45(28-34-49)41-17-10-6-11-18-41;1-2/h3-33,35-38,49,56H,2,34H2,1H3;1-2H3/b4-3-,14-7-;. The van der Waals surface area contributed by atoms with Crippen LogP contribution in [-0.4, -0.2) is 4.57 Å². The topological polar surface area (TPSA) is 17.0 Å². The first-order valence-electron chi connectivity index (χ1n) is 20.8. The molecule has 0 radical (unpaired) electrons. The summed E-state index contributed by atoms with van der Waals surface area (Å²) in [6.07, 6.45) is 16.2. The Morgan fingerprint density at radius 3 is 1.80 bits per heavy atom. The first kappa shape index (κ1) is 38.7. The number of allylic oxidation sites excluding steroid dienone is 9. The van der Waals surface area contributed by atoms with Gasteiger partial charge in [-0.3, -0.25) is 0 Å². The molecule has 0 aliphatic heterocycles. The minimum Gasteiger partial charge on any atom is -0.355 e. The highest BCUT2D eigenvalue weighted by atomic mass is 15.0. The Hall–Kier alpha value is -7.16. The van der Waals surface area contributed by atoms with E-state index in [-0.39, 0.29) is 6.04 Å². The van der Waals surface area contributed by atoms with Gasteiger partial charge in [-0.25, -0.2) is 0 Å². The number of hydrogen-bond acceptors (Lipinski definition) is 1. The van der Waals surface area contributed by atoms with Gasteiger partial charge in [-0.2, -0.15) is 0 Å². The Bertz CT molecular complexity index is 2830. The summed E-state index contributed by atoms with van der Waals surface area (Å²) in [6, 6.07) is 61.3. The number of nitrogens with one attached hydrogen (secondary N) is 1. The predicted molar refractivity (Wildman–Crippen MR) is 257 cm³/mol. The third-order valence-electron chi connectivity index (χ3n) is 11.0. The van der Waals surface area contributed by atoms with Crippen LogP contribution in [0.3, 0.4) is 0 Å². The molecule has 1 heterocycles. The molecule has 2 nitrogen and oxygen atoms in total. The van der Waals surface area contributed by atoms with Crippen LogP contribution in [0.4, 0.5) is 11.4 Å². The minimum absolute atomic E-state index is 0.240. The molecule has 0 saturated carbocycles. The van der Waals surface area contributed by atoms with Gasteiger partial charge in [0.2, 0.25) is 0 Å². The fourth-order valence-corrected chi connectivity index (χ4v) is 8.04. The van der Waals surface area contributed by atoms with Gasteiger partial charge in [0.25, 0.3) is 0 Å². The molecular formula is C57H50N2. The maximum atomic E-state index is 4.51. The molecule has 0 fully saturated rings. The summed E-state index contributed by atoms with van der Waals surface area (Å²) < 4.78 is 2.51. The van der Waals surface area contributed by atoms with Gasteiger partial charge in [-0.15, -0.1) is 0 Å². The molecule has 0 spiro atoms. The number of hydrogen-bond donors (Lipinski definition) is 1. The number of nitrogens with zero attached hydrogens (tertiary/aromatic N) is 1. The first-order chi connectivity index (χ1) is 29.1. The maximum Gasteiger partial charge on any atom is 0.0560 e. The van der Waals surface area contributed by atoms with Crippen molar-refractivity contribution in [2.45, 2.75) is 33.2 Å². The lowest BCUT2D eigenvalue weighted by Gasteiger charge is -2.21. The summed E-state index contributed by atoms with van der Waals surface area (Å²) in [7, 11) is 0. The molecule has 0 saturated heterocycles. The van der Waals surface area contributed by atoms with E-state index in [0.29, 0.717) is 0 Å². The van der Waals surface area contributed by atoms with Crippen LogP contribution in [0.15, 0.2) is 219 Å². The van der Waals surface area contributed by atoms with Gasteiger partial charge in [0.05, 0.1) is 6.04 Å². The molecule has 0 amide bonds. The van der Waals surface area contributed by atoms with Crippen molar-refractivity contribution in [2.75, 3.05) is 5.32 Å². The average molecular weight is 763 g/mol. The lowest BCUT2D eigenvalue weighted by atomic mass is 9.96. The minimum atomic E-state index is 0.240. The Kier molecular flexibility index (Phi) is 11.8. The second kappa shape index (κ2) is 18.0. The molecule has 7 aromatic carbocycles. The van der Waals surface area contributed by atoms with E-state index in [4.69, 9.17) is 0 Å². The second-order valence-electron chi connectivity index (χ2n) is 14.6. The summed E-state index contributed by atoms with van der Waals surface area (Å²) in [5, 5.41) is 6.25. The highest BCUT2D eigenvalue weighted by Crippen LogP contribution is 2.39. The molecule has 288 valence electrons. The van der Waals surface area contributed by atoms with E-state index < -0.39 is 0 Å². The van der Waals surface area contributed by atoms with E-state index in [1.165, 1.54) is 60.8 Å². The second-order valence-corrected chi connectivity index (χ2v) is 14.6. The van der Waals surface area contributed by atoms with Crippen LogP contribution >= 0.6 is 0 Å². The molecule has 1 unspecified atom stereocenters. The Balaban J connectivity index is 0.00000238. The van der Waals surface area contributed by atoms with Gasteiger partial charge in [-0.1, -0.05) is 190 Å². The van der Waals surface area contributed by atoms with Crippen molar-refractivity contribution < 1.29 is 0 Å². The van der Waals surface area contributed by atoms with Crippen LogP contribution in [0.2, 0.25) is 0 Å². The van der Waals surface area contributed by atoms with Crippen molar-refractivity contribution in [2.24, 2.45) is 0 Å². The van der Waals surface area contributed by atoms with Gasteiger partial charge >= 0.3 is 0 Å². The molecule has 1 aliphatic rings. The molecular weight excluding hydrogens is 713 g/mol. The summed E-state index contributed by atoms with van der Waals surface area (Å²) in [5.74, 6) is 0. The molecule has 59 heavy (non-hydrogen) atoms. The number of rotatable bonds is 10. The molecule has 9 rings (SSSR count). The van der Waals surface area contributed by atoms with Crippen LogP contribution in [-0.2, 0) is 0 Å². The number of fused-ring (bicyclic) bond motifs is 3. The van der Waals surface area contributed by atoms with Gasteiger partial charge in [0.1, 0.15) is 0 Å². The quantitative estimate of drug-likeness (QED) is 0.137. The van der Waals surface area contributed by atoms with E-state index in [0.717, 1.165) is 34.5 Å². The third kappa shape index (κ3) is 8.30. The van der Waals surface area contributed by atoms with Crippen molar-refractivity contribution >= 4 is 44.3 Å². The van der Waals surface area contributed by atoms with Crippen molar-refractivity contribution in [3.05, 3.63) is 230 Å². The van der Waals surface area contributed by atoms with E-state index in [2.05, 4.69) is 217 Å². The zero-order valence-electron chi connectivity index (χ0n) is 34.1. The molecule has 1 N–H and O–H groups in total. The van der Waals surface area contributed by atoms with Crippen molar-refractivity contribution in [1.82, 2.24) is 4.57 Å². The van der Waals surface area contributed by atoms with Crippen LogP contribution in [0.25, 0.3) is 66.3 Å². The molecule has 2 heteroatoms. The van der Waals surface area contributed by atoms with E-state index in [1.54, 1.807) is 0 Å². The molecule has 8 aromatic rings. The zero-order valence-corrected chi connectivity index (χ0v) is 34.1. The van der Waals surface area contributed by atoms with Crippen LogP contribution in [0.1, 0.15) is 44.4 Å². The van der Waals surface area contributed by atoms with Crippen LogP contribution < -0.4 is 5.32 Å². The van der Waals surface area contributed by atoms with Crippen molar-refractivity contribution in [1.29, 1.82) is 0 Å². The highest BCUT2D eigenvalue weighted by Gasteiger charge is 2.19. The number of para-hydroxylation sites is 1. The average Bonchev–Trinajstić information content (AvgIpc) is 3.64. The van der Waals surface area contributed by atoms with E-state index >= 15 is 0 Å². The van der Waals surface area contributed by atoms with Gasteiger partial charge in [0.15, 0.2) is 0 Å². The van der Waals surface area contributed by atoms with E-state index in [1.807, 2.05) is 32.9 Å². The smallest absolute Gasteiger partial charge is 0.0560 e. The largest absolute Gasteiger partial charge is 0.355 e. The van der Waals surface area contributed by atoms with Crippen LogP contribution in [0.5, 0.6) is 0 Å². The zero-order chi connectivity index (χ0) is 40.6. The molecule has 0 bridgehead atoms. The fraction of sp³-hybridized carbons (Fsp3) is 0.0877. The fourth-order valence-electron chi connectivity index (χ4n) is 8.04. The summed E-state index contributed by atoms with van der Waals surface area (Å²) >= 11 is 0. The third-order valence-corrected chi connectivity index (χ3v) is 11.0. The summed E-state index contributed by atoms with van der Waals surface area (Å²) in [4.78, 5) is 0. The Morgan fingerprint density at radius 2 is 1.14 bits per heavy atom. The number of anilines is 2. The normalized spacial score (nSPS) is 13.7. The monoisotopic (exact) mass is 762 g/mol. The maximum absolute atomic E-state index is 4.51. The summed E-state index contributed by atoms with van der Waals surface area (Å²) in [5.41, 5.74) is 16.2. The predicted octanol–water partition coefficient (Wildman–Crippen LogP) is 16.3. The first-order valence-corrected chi connectivity index (χ1v) is 20.8. The van der Waals surface area contributed by atoms with Gasteiger partial charge < -0.3 is 9.88 Å². The van der Waals surface area contributed by atoms with Gasteiger partial charge in [0, 0.05) is 38.7 Å². The molecule has 1 aliphatic carbocycles. The Labute approximate surface area is 349 Å². The molecule has 1 aromatic heterocycles. The number of aromatic nitrogens is 1. The number of benzene rings is 7. The highest BCUT2D eigenvalue weighted by molar-refractivity contribution is 6.09. The molecule has 1 atom stereocenters.